The molecule has 0 bridgehead atoms. The van der Waals surface area contributed by atoms with E-state index in [0.717, 1.165) is 5.56 Å². The second-order valence-electron chi connectivity index (χ2n) is 2.05. The fraction of sp³-hybridized carbons (Fsp3) is 0.143. The first kappa shape index (κ1) is 7.02. The van der Waals surface area contributed by atoms with Gasteiger partial charge in [0.2, 0.25) is 0 Å². The average molecular weight is 141 g/mol. The molecule has 0 atom stereocenters. The highest BCUT2D eigenvalue weighted by Gasteiger charge is 1.89. The Bertz CT molecular complexity index is 215. The highest BCUT2D eigenvalue weighted by atomic mass is 19.3. The molecule has 1 aromatic rings. The average Bonchev–Trinajstić information content (AvgIpc) is 1.88. The van der Waals surface area contributed by atoms with Gasteiger partial charge in [-0.1, -0.05) is 17.2 Å². The van der Waals surface area contributed by atoms with E-state index in [-0.39, 0.29) is 0 Å². The van der Waals surface area contributed by atoms with Gasteiger partial charge in [-0.2, -0.15) is 0 Å². The van der Waals surface area contributed by atoms with E-state index in [1.54, 1.807) is 12.1 Å². The summed E-state index contributed by atoms with van der Waals surface area (Å²) in [6.45, 7) is 1.92. The lowest BCUT2D eigenvalue weighted by atomic mass is 10.2. The number of rotatable bonds is 2. The Morgan fingerprint density at radius 3 is 2.90 bits per heavy atom. The monoisotopic (exact) mass is 141 g/mol. The number of nitrogens with one attached hydrogen (secondary N) is 1. The first-order chi connectivity index (χ1) is 4.83. The van der Waals surface area contributed by atoms with Crippen molar-refractivity contribution in [1.29, 1.82) is 0 Å². The first-order valence-electron chi connectivity index (χ1n) is 2.93. The van der Waals surface area contributed by atoms with Crippen LogP contribution in [0.2, 0.25) is 0 Å². The Balaban J connectivity index is 2.75. The van der Waals surface area contributed by atoms with Crippen molar-refractivity contribution in [3.63, 3.8) is 0 Å². The molecular formula is C7H8FNO. The van der Waals surface area contributed by atoms with Gasteiger partial charge in [-0.25, -0.2) is 5.48 Å². The van der Waals surface area contributed by atoms with Gasteiger partial charge in [0, 0.05) is 0 Å². The van der Waals surface area contributed by atoms with Crippen molar-refractivity contribution in [2.45, 2.75) is 6.92 Å². The van der Waals surface area contributed by atoms with Crippen LogP contribution in [0.5, 0.6) is 0 Å². The van der Waals surface area contributed by atoms with Gasteiger partial charge in [0.05, 0.1) is 5.69 Å². The molecule has 0 amide bonds. The molecule has 0 aliphatic rings. The van der Waals surface area contributed by atoms with Crippen LogP contribution in [0.4, 0.5) is 10.2 Å². The Hall–Kier alpha value is -1.09. The fourth-order valence-electron chi connectivity index (χ4n) is 0.753. The van der Waals surface area contributed by atoms with E-state index in [1.165, 1.54) is 0 Å². The normalized spacial score (nSPS) is 9.40. The van der Waals surface area contributed by atoms with Crippen molar-refractivity contribution in [2.75, 3.05) is 5.48 Å². The van der Waals surface area contributed by atoms with Crippen LogP contribution in [-0.2, 0) is 5.04 Å². The topological polar surface area (TPSA) is 21.3 Å². The predicted octanol–water partition coefficient (Wildman–Crippen LogP) is 2.22. The third-order valence-corrected chi connectivity index (χ3v) is 1.17. The number of halogens is 1. The summed E-state index contributed by atoms with van der Waals surface area (Å²) in [5, 5.41) is 3.23. The van der Waals surface area contributed by atoms with Crippen molar-refractivity contribution in [3.8, 4) is 0 Å². The van der Waals surface area contributed by atoms with Crippen LogP contribution in [0, 0.1) is 6.92 Å². The van der Waals surface area contributed by atoms with E-state index in [0.29, 0.717) is 5.69 Å². The highest BCUT2D eigenvalue weighted by Crippen LogP contribution is 2.08. The molecule has 0 unspecified atom stereocenters. The molecular weight excluding hydrogens is 133 g/mol. The van der Waals surface area contributed by atoms with Gasteiger partial charge >= 0.3 is 0 Å². The van der Waals surface area contributed by atoms with Crippen LogP contribution < -0.4 is 5.48 Å². The standard InChI is InChI=1S/C7H8FNO/c1-6-3-2-4-7(5-6)9-10-8/h2-5,9H,1H3. The summed E-state index contributed by atoms with van der Waals surface area (Å²) in [4.78, 5) is 0. The highest BCUT2D eigenvalue weighted by molar-refractivity contribution is 5.43. The zero-order chi connectivity index (χ0) is 7.40. The summed E-state index contributed by atoms with van der Waals surface area (Å²) in [6, 6.07) is 7.23. The minimum absolute atomic E-state index is 0.613. The Labute approximate surface area is 58.5 Å². The zero-order valence-corrected chi connectivity index (χ0v) is 5.60. The van der Waals surface area contributed by atoms with Crippen LogP contribution in [-0.4, -0.2) is 0 Å². The molecule has 0 heterocycles. The summed E-state index contributed by atoms with van der Waals surface area (Å²) in [6.07, 6.45) is 0. The van der Waals surface area contributed by atoms with Gasteiger partial charge < -0.3 is 0 Å². The molecule has 1 aromatic carbocycles. The van der Waals surface area contributed by atoms with Gasteiger partial charge in [-0.3, -0.25) is 0 Å². The van der Waals surface area contributed by atoms with E-state index < -0.39 is 0 Å². The number of hydrogen-bond donors (Lipinski definition) is 1. The molecule has 0 saturated heterocycles. The SMILES string of the molecule is Cc1cccc(NOF)c1. The maximum absolute atomic E-state index is 11.2. The van der Waals surface area contributed by atoms with Gasteiger partial charge in [0.25, 0.3) is 0 Å². The molecule has 1 rings (SSSR count). The maximum atomic E-state index is 11.2. The zero-order valence-electron chi connectivity index (χ0n) is 5.60. The Morgan fingerprint density at radius 2 is 2.30 bits per heavy atom. The maximum Gasteiger partial charge on any atom is 0.0640 e. The van der Waals surface area contributed by atoms with Gasteiger partial charge in [-0.05, 0) is 29.1 Å². The van der Waals surface area contributed by atoms with Crippen molar-refractivity contribution in [1.82, 2.24) is 0 Å². The molecule has 0 spiro atoms. The predicted molar refractivity (Wildman–Crippen MR) is 37.0 cm³/mol. The van der Waals surface area contributed by atoms with Gasteiger partial charge in [0.1, 0.15) is 0 Å². The first-order valence-corrected chi connectivity index (χ1v) is 2.93. The molecule has 0 fully saturated rings. The van der Waals surface area contributed by atoms with Gasteiger partial charge in [-0.15, -0.1) is 0 Å². The molecule has 0 aliphatic heterocycles. The molecule has 2 nitrogen and oxygen atoms in total. The van der Waals surface area contributed by atoms with Crippen LogP contribution >= 0.6 is 0 Å². The fourth-order valence-corrected chi connectivity index (χ4v) is 0.753. The van der Waals surface area contributed by atoms with E-state index in [9.17, 15) is 4.53 Å². The second kappa shape index (κ2) is 3.17. The lowest BCUT2D eigenvalue weighted by molar-refractivity contribution is -0.0973. The van der Waals surface area contributed by atoms with E-state index in [1.807, 2.05) is 19.1 Å². The molecule has 1 N–H and O–H groups in total. The van der Waals surface area contributed by atoms with Crippen LogP contribution in [0.15, 0.2) is 24.3 Å². The molecule has 0 aromatic heterocycles. The Morgan fingerprint density at radius 1 is 1.50 bits per heavy atom. The number of anilines is 1. The molecule has 0 aliphatic carbocycles. The number of benzene rings is 1. The lowest BCUT2D eigenvalue weighted by Crippen LogP contribution is -1.91. The molecule has 10 heavy (non-hydrogen) atoms. The van der Waals surface area contributed by atoms with Crippen molar-refractivity contribution >= 4 is 5.69 Å². The summed E-state index contributed by atoms with van der Waals surface area (Å²) < 4.78 is 11.2. The molecule has 0 saturated carbocycles. The summed E-state index contributed by atoms with van der Waals surface area (Å²) >= 11 is 0. The van der Waals surface area contributed by atoms with Gasteiger partial charge in [0.15, 0.2) is 0 Å². The largest absolute Gasteiger partial charge is 0.231 e. The van der Waals surface area contributed by atoms with Crippen LogP contribution in [0.3, 0.4) is 0 Å². The number of hydrogen-bond acceptors (Lipinski definition) is 2. The van der Waals surface area contributed by atoms with Crippen LogP contribution in [0.25, 0.3) is 0 Å². The van der Waals surface area contributed by atoms with Crippen molar-refractivity contribution in [2.24, 2.45) is 0 Å². The third-order valence-electron chi connectivity index (χ3n) is 1.17. The smallest absolute Gasteiger partial charge is 0.0640 e. The number of aryl methyl sites for hydroxylation is 1. The Kier molecular flexibility index (Phi) is 2.23. The lowest BCUT2D eigenvalue weighted by Gasteiger charge is -1.98. The van der Waals surface area contributed by atoms with Crippen LogP contribution in [0.1, 0.15) is 5.56 Å². The quantitative estimate of drug-likeness (QED) is 0.637. The van der Waals surface area contributed by atoms with E-state index in [4.69, 9.17) is 0 Å². The summed E-state index contributed by atoms with van der Waals surface area (Å²) in [7, 11) is 0. The summed E-state index contributed by atoms with van der Waals surface area (Å²) in [5.41, 5.74) is 3.75. The van der Waals surface area contributed by atoms with E-state index in [2.05, 4.69) is 10.5 Å². The minimum atomic E-state index is 0.613. The van der Waals surface area contributed by atoms with Crippen molar-refractivity contribution in [3.05, 3.63) is 29.8 Å². The third kappa shape index (κ3) is 1.70. The van der Waals surface area contributed by atoms with Crippen molar-refractivity contribution < 1.29 is 9.57 Å². The molecule has 54 valence electrons. The molecule has 3 heteroatoms. The summed E-state index contributed by atoms with van der Waals surface area (Å²) in [5.74, 6) is 0. The van der Waals surface area contributed by atoms with E-state index >= 15 is 0 Å². The minimum Gasteiger partial charge on any atom is -0.231 e. The second-order valence-corrected chi connectivity index (χ2v) is 2.05. The molecule has 0 radical (unpaired) electrons.